The maximum atomic E-state index is 13.1. The maximum absolute atomic E-state index is 13.1. The largest absolute Gasteiger partial charge is 0.369 e. The van der Waals surface area contributed by atoms with E-state index in [1.807, 2.05) is 84.9 Å². The highest BCUT2D eigenvalue weighted by Gasteiger charge is 2.49. The molecule has 4 nitrogen and oxygen atoms in total. The van der Waals surface area contributed by atoms with E-state index in [0.717, 1.165) is 43.6 Å². The number of benzene rings is 3. The molecule has 1 heterocycles. The van der Waals surface area contributed by atoms with Gasteiger partial charge >= 0.3 is 0 Å². The zero-order valence-corrected chi connectivity index (χ0v) is 17.6. The van der Waals surface area contributed by atoms with Gasteiger partial charge in [0.1, 0.15) is 5.41 Å². The van der Waals surface area contributed by atoms with Gasteiger partial charge in [0, 0.05) is 13.1 Å². The van der Waals surface area contributed by atoms with Crippen molar-refractivity contribution < 1.29 is 4.79 Å². The van der Waals surface area contributed by atoms with Gasteiger partial charge in [-0.2, -0.15) is 5.26 Å². The van der Waals surface area contributed by atoms with Gasteiger partial charge in [-0.3, -0.25) is 4.79 Å². The van der Waals surface area contributed by atoms with Crippen LogP contribution in [0.5, 0.6) is 0 Å². The number of amides is 1. The second-order valence-electron chi connectivity index (χ2n) is 8.25. The van der Waals surface area contributed by atoms with Crippen molar-refractivity contribution in [2.75, 3.05) is 19.6 Å². The molecule has 31 heavy (non-hydrogen) atoms. The molecule has 156 valence electrons. The van der Waals surface area contributed by atoms with E-state index in [1.165, 1.54) is 5.56 Å². The van der Waals surface area contributed by atoms with E-state index in [1.54, 1.807) is 0 Å². The predicted molar refractivity (Wildman–Crippen MR) is 122 cm³/mol. The molecule has 1 aliphatic heterocycles. The average molecular weight is 410 g/mol. The summed E-state index contributed by atoms with van der Waals surface area (Å²) in [6.07, 6.45) is 1.83. The summed E-state index contributed by atoms with van der Waals surface area (Å²) in [6.45, 7) is 2.68. The van der Waals surface area contributed by atoms with Crippen LogP contribution in [0.1, 0.15) is 28.7 Å². The number of hydrogen-bond donors (Lipinski definition) is 1. The first-order valence-corrected chi connectivity index (χ1v) is 10.8. The first kappa shape index (κ1) is 20.8. The molecule has 1 amide bonds. The summed E-state index contributed by atoms with van der Waals surface area (Å²) < 4.78 is 0. The summed E-state index contributed by atoms with van der Waals surface area (Å²) in [5, 5.41) is 8.97. The Morgan fingerprint density at radius 2 is 1.55 bits per heavy atom. The molecule has 0 bridgehead atoms. The summed E-state index contributed by atoms with van der Waals surface area (Å²) in [5.74, 6) is -0.181. The SMILES string of the molecule is N#Cc1ccc(CCN2CC[C@H](C(C(N)=O)(c3ccccc3)c3ccccc3)C2)cc1. The van der Waals surface area contributed by atoms with Crippen molar-refractivity contribution in [3.05, 3.63) is 107 Å². The van der Waals surface area contributed by atoms with E-state index >= 15 is 0 Å². The van der Waals surface area contributed by atoms with Crippen LogP contribution in [0.15, 0.2) is 84.9 Å². The van der Waals surface area contributed by atoms with Crippen LogP contribution in [-0.4, -0.2) is 30.4 Å². The van der Waals surface area contributed by atoms with E-state index in [4.69, 9.17) is 11.0 Å². The van der Waals surface area contributed by atoms with Crippen molar-refractivity contribution in [3.8, 4) is 6.07 Å². The Morgan fingerprint density at radius 1 is 0.968 bits per heavy atom. The Hall–Kier alpha value is -3.42. The third kappa shape index (κ3) is 4.10. The molecule has 0 aromatic heterocycles. The second kappa shape index (κ2) is 9.16. The Morgan fingerprint density at radius 3 is 2.06 bits per heavy atom. The molecular formula is C27H27N3O. The van der Waals surface area contributed by atoms with Gasteiger partial charge in [0.15, 0.2) is 0 Å². The lowest BCUT2D eigenvalue weighted by Crippen LogP contribution is -2.49. The molecule has 3 aromatic carbocycles. The van der Waals surface area contributed by atoms with Crippen LogP contribution in [0.3, 0.4) is 0 Å². The van der Waals surface area contributed by atoms with Gasteiger partial charge in [0.25, 0.3) is 0 Å². The molecule has 0 saturated carbocycles. The van der Waals surface area contributed by atoms with Gasteiger partial charge in [-0.1, -0.05) is 72.8 Å². The van der Waals surface area contributed by atoms with Gasteiger partial charge in [-0.25, -0.2) is 0 Å². The van der Waals surface area contributed by atoms with E-state index in [0.29, 0.717) is 5.56 Å². The van der Waals surface area contributed by atoms with Crippen molar-refractivity contribution >= 4 is 5.91 Å². The van der Waals surface area contributed by atoms with E-state index in [9.17, 15) is 4.79 Å². The zero-order valence-electron chi connectivity index (χ0n) is 17.6. The molecule has 4 rings (SSSR count). The molecule has 2 N–H and O–H groups in total. The summed E-state index contributed by atoms with van der Waals surface area (Å²) >= 11 is 0. The van der Waals surface area contributed by atoms with E-state index in [-0.39, 0.29) is 11.8 Å². The fourth-order valence-electron chi connectivity index (χ4n) is 4.95. The number of hydrogen-bond acceptors (Lipinski definition) is 3. The van der Waals surface area contributed by atoms with Gasteiger partial charge in [-0.05, 0) is 54.1 Å². The summed E-state index contributed by atoms with van der Waals surface area (Å²) in [7, 11) is 0. The number of nitrogens with zero attached hydrogens (tertiary/aromatic N) is 2. The smallest absolute Gasteiger partial charge is 0.232 e. The second-order valence-corrected chi connectivity index (χ2v) is 8.25. The zero-order chi connectivity index (χ0) is 21.7. The molecular weight excluding hydrogens is 382 g/mol. The fourth-order valence-corrected chi connectivity index (χ4v) is 4.95. The number of carbonyl (C=O) groups excluding carboxylic acids is 1. The molecule has 1 aliphatic rings. The highest BCUT2D eigenvalue weighted by atomic mass is 16.1. The lowest BCUT2D eigenvalue weighted by molar-refractivity contribution is -0.123. The van der Waals surface area contributed by atoms with E-state index in [2.05, 4.69) is 11.0 Å². The van der Waals surface area contributed by atoms with Gasteiger partial charge in [0.2, 0.25) is 5.91 Å². The Labute approximate surface area is 183 Å². The number of nitrogens with two attached hydrogens (primary N) is 1. The number of primary amides is 1. The van der Waals surface area contributed by atoms with Crippen molar-refractivity contribution in [1.82, 2.24) is 4.90 Å². The molecule has 3 aromatic rings. The fraction of sp³-hybridized carbons (Fsp3) is 0.259. The van der Waals surface area contributed by atoms with Crippen LogP contribution in [0.2, 0.25) is 0 Å². The molecule has 0 aliphatic carbocycles. The quantitative estimate of drug-likeness (QED) is 0.643. The van der Waals surface area contributed by atoms with Gasteiger partial charge in [0.05, 0.1) is 11.6 Å². The average Bonchev–Trinajstić information content (AvgIpc) is 3.29. The monoisotopic (exact) mass is 409 g/mol. The molecule has 1 fully saturated rings. The topological polar surface area (TPSA) is 70.1 Å². The Balaban J connectivity index is 1.58. The standard InChI is InChI=1S/C27H27N3O/c28-19-22-13-11-21(12-14-22)15-17-30-18-16-25(20-30)27(26(29)31,23-7-3-1-4-8-23)24-9-5-2-6-10-24/h1-14,25H,15-18,20H2,(H2,29,31)/t25-/m0/s1. The van der Waals surface area contributed by atoms with Crippen LogP contribution in [0.4, 0.5) is 0 Å². The maximum Gasteiger partial charge on any atom is 0.232 e. The van der Waals surface area contributed by atoms with Crippen LogP contribution in [-0.2, 0) is 16.6 Å². The normalized spacial score (nSPS) is 16.7. The molecule has 1 saturated heterocycles. The number of likely N-dealkylation sites (tertiary alicyclic amines) is 1. The molecule has 0 unspecified atom stereocenters. The molecule has 4 heteroatoms. The van der Waals surface area contributed by atoms with Crippen molar-refractivity contribution in [1.29, 1.82) is 5.26 Å². The highest BCUT2D eigenvalue weighted by Crippen LogP contribution is 2.43. The van der Waals surface area contributed by atoms with Crippen LogP contribution in [0, 0.1) is 17.2 Å². The first-order chi connectivity index (χ1) is 15.1. The minimum Gasteiger partial charge on any atom is -0.369 e. The minimum atomic E-state index is -0.842. The van der Waals surface area contributed by atoms with Crippen molar-refractivity contribution in [2.45, 2.75) is 18.3 Å². The van der Waals surface area contributed by atoms with Crippen LogP contribution >= 0.6 is 0 Å². The molecule has 1 atom stereocenters. The Kier molecular flexibility index (Phi) is 6.16. The highest BCUT2D eigenvalue weighted by molar-refractivity contribution is 5.91. The Bertz CT molecular complexity index is 1020. The van der Waals surface area contributed by atoms with Crippen LogP contribution < -0.4 is 5.73 Å². The third-order valence-corrected chi connectivity index (χ3v) is 6.53. The number of rotatable bonds is 7. The predicted octanol–water partition coefficient (Wildman–Crippen LogP) is 3.89. The van der Waals surface area contributed by atoms with Gasteiger partial charge in [-0.15, -0.1) is 0 Å². The summed E-state index contributed by atoms with van der Waals surface area (Å²) in [5.41, 5.74) is 9.16. The van der Waals surface area contributed by atoms with Crippen molar-refractivity contribution in [3.63, 3.8) is 0 Å². The van der Waals surface area contributed by atoms with Gasteiger partial charge < -0.3 is 10.6 Å². The number of nitriles is 1. The first-order valence-electron chi connectivity index (χ1n) is 10.8. The number of carbonyl (C=O) groups is 1. The molecule has 0 spiro atoms. The van der Waals surface area contributed by atoms with E-state index < -0.39 is 5.41 Å². The lowest BCUT2D eigenvalue weighted by atomic mass is 9.64. The molecule has 0 radical (unpaired) electrons. The summed E-state index contributed by atoms with van der Waals surface area (Å²) in [4.78, 5) is 15.6. The summed E-state index contributed by atoms with van der Waals surface area (Å²) in [6, 6.07) is 29.9. The lowest BCUT2D eigenvalue weighted by Gasteiger charge is -2.37. The third-order valence-electron chi connectivity index (χ3n) is 6.53. The minimum absolute atomic E-state index is 0.107. The van der Waals surface area contributed by atoms with Crippen LogP contribution in [0.25, 0.3) is 0 Å². The van der Waals surface area contributed by atoms with Crippen molar-refractivity contribution in [2.24, 2.45) is 11.7 Å².